The molecule has 2 bridgehead atoms. The zero-order chi connectivity index (χ0) is 37.9. The van der Waals surface area contributed by atoms with Crippen LogP contribution < -0.4 is 5.32 Å². The number of amides is 3. The maximum atomic E-state index is 13.9. The van der Waals surface area contributed by atoms with Gasteiger partial charge in [-0.3, -0.25) is 9.59 Å². The highest BCUT2D eigenvalue weighted by Crippen LogP contribution is 2.36. The number of fused-ring (bicyclic) bond motifs is 4. The number of carbonyl (C=O) groups is 3. The molecule has 3 aliphatic rings. The fourth-order valence-corrected chi connectivity index (χ4v) is 7.81. The largest absolute Gasteiger partial charge is 0.453 e. The minimum atomic E-state index is -0.777. The van der Waals surface area contributed by atoms with E-state index in [0.29, 0.717) is 31.5 Å². The van der Waals surface area contributed by atoms with E-state index in [1.165, 1.54) is 7.11 Å². The zero-order valence-corrected chi connectivity index (χ0v) is 31.8. The van der Waals surface area contributed by atoms with Gasteiger partial charge in [0, 0.05) is 42.2 Å². The monoisotopic (exact) mass is 733 g/mol. The first kappa shape index (κ1) is 37.1. The molecule has 5 heterocycles. The van der Waals surface area contributed by atoms with Gasteiger partial charge >= 0.3 is 6.09 Å². The summed E-state index contributed by atoms with van der Waals surface area (Å²) in [6.45, 7) is 10.1. The van der Waals surface area contributed by atoms with Gasteiger partial charge in [-0.1, -0.05) is 88.4 Å². The van der Waals surface area contributed by atoms with Crippen molar-refractivity contribution >= 4 is 17.9 Å². The van der Waals surface area contributed by atoms with Gasteiger partial charge in [0.15, 0.2) is 0 Å². The smallest absolute Gasteiger partial charge is 0.407 e. The summed E-state index contributed by atoms with van der Waals surface area (Å²) in [4.78, 5) is 60.0. The SMILES string of the molecule is COC(=O)N[C@@H]1C(=O)N2CCC[C@H]2c2nc(-c3ccc(-c4ccc(-c5c[nH]c([C@@H]6CCCN6C(=O)[C@@H](C)C(C)C)n5)cc4)cc3)c([nH]2)COC/C=C/[C@@H]1C. The Hall–Kier alpha value is -5.23. The van der Waals surface area contributed by atoms with Crippen LogP contribution in [0.25, 0.3) is 33.6 Å². The van der Waals surface area contributed by atoms with Crippen molar-refractivity contribution in [2.75, 3.05) is 26.8 Å². The van der Waals surface area contributed by atoms with Crippen LogP contribution >= 0.6 is 0 Å². The number of imidazole rings is 2. The predicted molar refractivity (Wildman–Crippen MR) is 206 cm³/mol. The lowest BCUT2D eigenvalue weighted by Crippen LogP contribution is -2.51. The van der Waals surface area contributed by atoms with E-state index in [-0.39, 0.29) is 35.7 Å². The maximum absolute atomic E-state index is 13.9. The summed E-state index contributed by atoms with van der Waals surface area (Å²) >= 11 is 0. The summed E-state index contributed by atoms with van der Waals surface area (Å²) in [5.41, 5.74) is 6.60. The topological polar surface area (TPSA) is 146 Å². The molecule has 0 aliphatic carbocycles. The van der Waals surface area contributed by atoms with Crippen LogP contribution in [0.1, 0.15) is 82.8 Å². The number of nitrogens with zero attached hydrogens (tertiary/aromatic N) is 4. The molecule has 2 aromatic carbocycles. The molecule has 7 rings (SSSR count). The fourth-order valence-electron chi connectivity index (χ4n) is 7.81. The highest BCUT2D eigenvalue weighted by molar-refractivity contribution is 5.87. The number of carbonyl (C=O) groups excluding carboxylic acids is 3. The van der Waals surface area contributed by atoms with Crippen molar-refractivity contribution in [3.63, 3.8) is 0 Å². The van der Waals surface area contributed by atoms with Crippen molar-refractivity contribution in [3.8, 4) is 33.6 Å². The molecule has 2 fully saturated rings. The molecule has 3 amide bonds. The number of rotatable bonds is 7. The van der Waals surface area contributed by atoms with Gasteiger partial charge in [-0.05, 0) is 42.7 Å². The zero-order valence-electron chi connectivity index (χ0n) is 31.8. The molecule has 0 spiro atoms. The van der Waals surface area contributed by atoms with Crippen molar-refractivity contribution in [2.24, 2.45) is 17.8 Å². The first-order valence-corrected chi connectivity index (χ1v) is 19.2. The molecule has 54 heavy (non-hydrogen) atoms. The van der Waals surface area contributed by atoms with Gasteiger partial charge in [-0.25, -0.2) is 14.8 Å². The summed E-state index contributed by atoms with van der Waals surface area (Å²) in [5.74, 6) is 1.62. The number of hydrogen-bond acceptors (Lipinski definition) is 7. The summed E-state index contributed by atoms with van der Waals surface area (Å²) in [6, 6.07) is 15.7. The molecular formula is C42H51N7O5. The lowest BCUT2D eigenvalue weighted by Gasteiger charge is -2.30. The highest BCUT2D eigenvalue weighted by Gasteiger charge is 2.39. The second kappa shape index (κ2) is 16.0. The number of alkyl carbamates (subject to hydrolysis) is 1. The lowest BCUT2D eigenvalue weighted by atomic mass is 9.96. The number of nitrogens with one attached hydrogen (secondary N) is 3. The number of hydrogen-bond donors (Lipinski definition) is 3. The Balaban J connectivity index is 1.08. The summed E-state index contributed by atoms with van der Waals surface area (Å²) in [5, 5.41) is 2.75. The van der Waals surface area contributed by atoms with Crippen molar-refractivity contribution in [1.82, 2.24) is 35.1 Å². The third-order valence-corrected chi connectivity index (χ3v) is 11.3. The minimum absolute atomic E-state index is 0.0164. The average Bonchev–Trinajstić information content (AvgIpc) is 4.02. The van der Waals surface area contributed by atoms with Gasteiger partial charge in [0.25, 0.3) is 0 Å². The Morgan fingerprint density at radius 2 is 1.57 bits per heavy atom. The van der Waals surface area contributed by atoms with E-state index in [4.69, 9.17) is 19.4 Å². The molecule has 2 aromatic heterocycles. The Morgan fingerprint density at radius 3 is 2.28 bits per heavy atom. The van der Waals surface area contributed by atoms with Crippen LogP contribution in [0.2, 0.25) is 0 Å². The standard InChI is InChI=1S/C42H51N7O5/c1-25(2)27(4)40(50)48-20-6-10-34(48)38-43-23-32(44-38)30-16-12-28(13-17-30)29-14-18-31(19-15-29)37-33-24-54-22-8-9-26(3)36(47-42(52)53-5)41(51)49-21-7-11-35(49)39(45-33)46-37/h8-9,12-19,23,25-27,34-36H,6-7,10-11,20-22,24H2,1-5H3,(H,43,44)(H,45,46)(H,47,52)/b9-8+/t26-,27-,34-,35-,36-/m0/s1. The van der Waals surface area contributed by atoms with E-state index >= 15 is 0 Å². The van der Waals surface area contributed by atoms with Crippen LogP contribution in [0, 0.1) is 17.8 Å². The third kappa shape index (κ3) is 7.57. The van der Waals surface area contributed by atoms with E-state index < -0.39 is 12.1 Å². The van der Waals surface area contributed by atoms with E-state index in [9.17, 15) is 14.4 Å². The number of ether oxygens (including phenoxy) is 2. The predicted octanol–water partition coefficient (Wildman–Crippen LogP) is 7.20. The quantitative estimate of drug-likeness (QED) is 0.170. The molecule has 12 nitrogen and oxygen atoms in total. The first-order valence-electron chi connectivity index (χ1n) is 19.2. The lowest BCUT2D eigenvalue weighted by molar-refractivity contribution is -0.137. The van der Waals surface area contributed by atoms with Gasteiger partial charge in [0.05, 0.1) is 49.5 Å². The van der Waals surface area contributed by atoms with Gasteiger partial charge < -0.3 is 34.6 Å². The van der Waals surface area contributed by atoms with Crippen molar-refractivity contribution < 1.29 is 23.9 Å². The summed E-state index contributed by atoms with van der Waals surface area (Å²) in [7, 11) is 1.29. The van der Waals surface area contributed by atoms with Crippen LogP contribution in [-0.2, 0) is 25.7 Å². The molecule has 3 N–H and O–H groups in total. The number of likely N-dealkylation sites (tertiary alicyclic amines) is 1. The molecule has 12 heteroatoms. The number of benzene rings is 2. The Bertz CT molecular complexity index is 1980. The average molecular weight is 734 g/mol. The van der Waals surface area contributed by atoms with E-state index in [0.717, 1.165) is 77.4 Å². The Kier molecular flexibility index (Phi) is 11.0. The molecular weight excluding hydrogens is 683 g/mol. The second-order valence-corrected chi connectivity index (χ2v) is 15.1. The molecule has 3 aliphatic heterocycles. The van der Waals surface area contributed by atoms with Crippen LogP contribution in [0.4, 0.5) is 4.79 Å². The maximum Gasteiger partial charge on any atom is 0.407 e. The van der Waals surface area contributed by atoms with Crippen molar-refractivity contribution in [2.45, 2.75) is 78.1 Å². The number of H-pyrrole nitrogens is 2. The van der Waals surface area contributed by atoms with Gasteiger partial charge in [0.1, 0.15) is 17.7 Å². The minimum Gasteiger partial charge on any atom is -0.453 e. The Morgan fingerprint density at radius 1 is 0.907 bits per heavy atom. The summed E-state index contributed by atoms with van der Waals surface area (Å²) in [6.07, 6.45) is 8.57. The molecule has 4 aromatic rings. The molecule has 284 valence electrons. The van der Waals surface area contributed by atoms with E-state index in [1.807, 2.05) is 42.0 Å². The first-order chi connectivity index (χ1) is 26.1. The van der Waals surface area contributed by atoms with Crippen molar-refractivity contribution in [1.29, 1.82) is 0 Å². The Labute approximate surface area is 316 Å². The van der Waals surface area contributed by atoms with Gasteiger partial charge in [-0.2, -0.15) is 0 Å². The van der Waals surface area contributed by atoms with Gasteiger partial charge in [-0.15, -0.1) is 0 Å². The molecule has 5 atom stereocenters. The van der Waals surface area contributed by atoms with Crippen LogP contribution in [0.15, 0.2) is 66.9 Å². The van der Waals surface area contributed by atoms with E-state index in [2.05, 4.69) is 77.7 Å². The third-order valence-electron chi connectivity index (χ3n) is 11.3. The number of aromatic amines is 2. The second-order valence-electron chi connectivity index (χ2n) is 15.1. The van der Waals surface area contributed by atoms with Crippen LogP contribution in [-0.4, -0.2) is 80.5 Å². The molecule has 0 radical (unpaired) electrons. The normalized spacial score (nSPS) is 23.0. The molecule has 0 saturated carbocycles. The van der Waals surface area contributed by atoms with E-state index in [1.54, 1.807) is 0 Å². The number of aromatic nitrogens is 4. The number of methoxy groups -OCH3 is 1. The molecule has 2 saturated heterocycles. The fraction of sp³-hybridized carbons (Fsp3) is 0.452. The highest BCUT2D eigenvalue weighted by atomic mass is 16.5. The molecule has 0 unspecified atom stereocenters. The van der Waals surface area contributed by atoms with Crippen LogP contribution in [0.3, 0.4) is 0 Å². The summed E-state index contributed by atoms with van der Waals surface area (Å²) < 4.78 is 10.9. The van der Waals surface area contributed by atoms with Gasteiger partial charge in [0.2, 0.25) is 11.8 Å². The van der Waals surface area contributed by atoms with Crippen molar-refractivity contribution in [3.05, 3.63) is 84.2 Å². The van der Waals surface area contributed by atoms with Crippen LogP contribution in [0.5, 0.6) is 0 Å².